The highest BCUT2D eigenvalue weighted by atomic mass is 16.6. The molecule has 0 spiro atoms. The van der Waals surface area contributed by atoms with Crippen LogP contribution in [0.15, 0.2) is 42.9 Å². The molecule has 8 saturated carbocycles. The fourth-order valence-electron chi connectivity index (χ4n) is 14.0. The van der Waals surface area contributed by atoms with Crippen LogP contribution >= 0.6 is 0 Å². The molecule has 15 nitrogen and oxygen atoms in total. The monoisotopic (exact) mass is 876 g/mol. The number of alkyl carbamates (subject to hydrolysis) is 1. The fraction of sp³-hybridized carbons (Fsp3) is 0.633. The molecule has 3 atom stereocenters. The van der Waals surface area contributed by atoms with Crippen molar-refractivity contribution in [2.45, 2.75) is 152 Å². The number of para-hydroxylation sites is 1. The Bertz CT molecular complexity index is 2320. The second-order valence-electron chi connectivity index (χ2n) is 21.9. The van der Waals surface area contributed by atoms with Crippen molar-refractivity contribution >= 4 is 34.7 Å². The summed E-state index contributed by atoms with van der Waals surface area (Å²) in [5.41, 5.74) is 4.77. The number of nitrogens with zero attached hydrogens (tertiary/aromatic N) is 2. The molecule has 3 aromatic heterocycles. The molecule has 0 unspecified atom stereocenters. The van der Waals surface area contributed by atoms with Gasteiger partial charge in [0.15, 0.2) is 0 Å². The Morgan fingerprint density at radius 3 is 1.59 bits per heavy atom. The fourth-order valence-corrected chi connectivity index (χ4v) is 14.0. The average Bonchev–Trinajstić information content (AvgIpc) is 4.00. The molecule has 8 fully saturated rings. The van der Waals surface area contributed by atoms with E-state index in [4.69, 9.17) is 19.5 Å². The van der Waals surface area contributed by atoms with Crippen molar-refractivity contribution < 1.29 is 28.8 Å². The van der Waals surface area contributed by atoms with E-state index in [0.29, 0.717) is 5.69 Å². The topological polar surface area (TPSA) is 208 Å². The number of hydroxylamine groups is 1. The van der Waals surface area contributed by atoms with Gasteiger partial charge in [0.2, 0.25) is 11.8 Å². The molecule has 8 bridgehead atoms. The second-order valence-corrected chi connectivity index (χ2v) is 21.9. The van der Waals surface area contributed by atoms with E-state index in [0.717, 1.165) is 108 Å². The van der Waals surface area contributed by atoms with Gasteiger partial charge in [-0.15, -0.1) is 0 Å². The van der Waals surface area contributed by atoms with E-state index in [9.17, 15) is 19.2 Å². The van der Waals surface area contributed by atoms with Crippen LogP contribution < -0.4 is 21.4 Å². The number of amides is 4. The van der Waals surface area contributed by atoms with Crippen molar-refractivity contribution in [1.29, 1.82) is 0 Å². The summed E-state index contributed by atoms with van der Waals surface area (Å²) in [6.45, 7) is 5.29. The third kappa shape index (κ3) is 8.68. The molecule has 0 saturated heterocycles. The van der Waals surface area contributed by atoms with E-state index < -0.39 is 47.5 Å². The molecule has 1 aromatic carbocycles. The van der Waals surface area contributed by atoms with E-state index in [2.05, 4.69) is 36.4 Å². The largest absolute Gasteiger partial charge is 0.444 e. The zero-order chi connectivity index (χ0) is 44.4. The van der Waals surface area contributed by atoms with Crippen LogP contribution in [-0.4, -0.2) is 79.6 Å². The summed E-state index contributed by atoms with van der Waals surface area (Å²) in [7, 11) is 1.35. The van der Waals surface area contributed by atoms with Gasteiger partial charge in [-0.25, -0.2) is 20.2 Å². The SMILES string of the molecule is CONC(=O)[C@H](Cc1cnc(C23CC4CC(CC(C4)C2)C3)[nH]1)NC(=O)[C@H](Cc1c[nH]c2ccccc12)NC(=O)[C@H](Cc1cnc(C23CC4CC(CC(C4)C2)C3)[nH]1)NC(=O)OC(C)(C)C. The minimum atomic E-state index is -1.15. The summed E-state index contributed by atoms with van der Waals surface area (Å²) in [6, 6.07) is 4.40. The van der Waals surface area contributed by atoms with Gasteiger partial charge in [-0.3, -0.25) is 19.2 Å². The van der Waals surface area contributed by atoms with Gasteiger partial charge < -0.3 is 35.6 Å². The lowest BCUT2D eigenvalue weighted by atomic mass is 9.49. The van der Waals surface area contributed by atoms with Gasteiger partial charge in [0.25, 0.3) is 5.91 Å². The van der Waals surface area contributed by atoms with E-state index in [1.807, 2.05) is 30.5 Å². The Hall–Kier alpha value is -5.18. The van der Waals surface area contributed by atoms with Crippen molar-refractivity contribution in [1.82, 2.24) is 46.4 Å². The summed E-state index contributed by atoms with van der Waals surface area (Å²) >= 11 is 0. The average molecular weight is 876 g/mol. The maximum atomic E-state index is 14.7. The van der Waals surface area contributed by atoms with Gasteiger partial charge in [-0.2, -0.15) is 0 Å². The summed E-state index contributed by atoms with van der Waals surface area (Å²) in [5.74, 6) is 4.68. The Labute approximate surface area is 374 Å². The smallest absolute Gasteiger partial charge is 0.408 e. The summed E-state index contributed by atoms with van der Waals surface area (Å²) < 4.78 is 5.64. The van der Waals surface area contributed by atoms with Crippen LogP contribution in [0.2, 0.25) is 0 Å². The number of imidazole rings is 2. The molecule has 12 rings (SSSR count). The lowest BCUT2D eigenvalue weighted by Gasteiger charge is -2.56. The minimum absolute atomic E-state index is 0.0179. The lowest BCUT2D eigenvalue weighted by Crippen LogP contribution is -2.58. The molecule has 4 aromatic rings. The van der Waals surface area contributed by atoms with Crippen LogP contribution in [-0.2, 0) is 54.1 Å². The van der Waals surface area contributed by atoms with Crippen molar-refractivity contribution in [3.63, 3.8) is 0 Å². The number of H-pyrrole nitrogens is 3. The quantitative estimate of drug-likeness (QED) is 0.0691. The highest BCUT2D eigenvalue weighted by molar-refractivity contribution is 5.94. The van der Waals surface area contributed by atoms with E-state index in [-0.39, 0.29) is 30.1 Å². The predicted octanol–water partition coefficient (Wildman–Crippen LogP) is 6.12. The van der Waals surface area contributed by atoms with Crippen LogP contribution in [0.1, 0.15) is 126 Å². The molecule has 15 heteroatoms. The molecule has 8 aliphatic carbocycles. The van der Waals surface area contributed by atoms with Crippen molar-refractivity contribution in [3.8, 4) is 0 Å². The van der Waals surface area contributed by atoms with Crippen LogP contribution in [0.4, 0.5) is 4.79 Å². The van der Waals surface area contributed by atoms with Gasteiger partial charge in [0.1, 0.15) is 35.4 Å². The molecule has 342 valence electrons. The number of ether oxygens (including phenoxy) is 1. The lowest BCUT2D eigenvalue weighted by molar-refractivity contribution is -0.137. The summed E-state index contributed by atoms with van der Waals surface area (Å²) in [5, 5.41) is 9.65. The zero-order valence-corrected chi connectivity index (χ0v) is 37.7. The maximum absolute atomic E-state index is 14.7. The van der Waals surface area contributed by atoms with Gasteiger partial charge in [-0.05, 0) is 145 Å². The number of nitrogens with one attached hydrogen (secondary N) is 7. The molecular formula is C49H65N9O6. The van der Waals surface area contributed by atoms with Crippen LogP contribution in [0.3, 0.4) is 0 Å². The van der Waals surface area contributed by atoms with Gasteiger partial charge in [-0.1, -0.05) is 18.2 Å². The number of aromatic nitrogens is 5. The molecule has 0 radical (unpaired) electrons. The molecule has 0 aliphatic heterocycles. The normalized spacial score (nSPS) is 30.2. The first kappa shape index (κ1) is 42.8. The minimum Gasteiger partial charge on any atom is -0.444 e. The zero-order valence-electron chi connectivity index (χ0n) is 37.7. The first-order valence-corrected chi connectivity index (χ1v) is 23.8. The summed E-state index contributed by atoms with van der Waals surface area (Å²) in [4.78, 5) is 81.7. The first-order valence-electron chi connectivity index (χ1n) is 23.8. The van der Waals surface area contributed by atoms with Crippen molar-refractivity contribution in [2.75, 3.05) is 7.11 Å². The maximum Gasteiger partial charge on any atom is 0.408 e. The second kappa shape index (κ2) is 16.7. The number of fused-ring (bicyclic) bond motifs is 1. The van der Waals surface area contributed by atoms with E-state index in [1.165, 1.54) is 45.6 Å². The number of hydrogen-bond acceptors (Lipinski definition) is 8. The van der Waals surface area contributed by atoms with Crippen LogP contribution in [0.5, 0.6) is 0 Å². The molecule has 7 N–H and O–H groups in total. The standard InChI is InChI=1S/C49H65N9O6/c1-47(2,3)64-46(62)57-39(16-34-25-51-44(53-34)48-18-27-9-28(19-48)11-29(10-27)20-48)42(60)55-38(15-33-24-50-37-8-6-5-7-36(33)37)41(59)56-40(43(61)58-63-4)17-35-26-52-45(54-35)49-21-30-12-31(22-49)14-32(13-30)23-49/h5-8,24-32,38-40,50H,9-23H2,1-4H3,(H,51,53)(H,52,54)(H,55,60)(H,56,59)(H,57,62)(H,58,61)/t27?,28?,29?,30?,31?,32?,38-,39-,40-,48?,49?/m0/s1. The molecule has 64 heavy (non-hydrogen) atoms. The number of carbonyl (C=O) groups is 4. The number of benzene rings is 1. The predicted molar refractivity (Wildman–Crippen MR) is 238 cm³/mol. The number of hydrogen-bond donors (Lipinski definition) is 7. The Kier molecular flexibility index (Phi) is 11.1. The van der Waals surface area contributed by atoms with Crippen molar-refractivity contribution in [3.05, 3.63) is 71.5 Å². The molecular weight excluding hydrogens is 811 g/mol. The number of aromatic amines is 3. The third-order valence-electron chi connectivity index (χ3n) is 15.8. The van der Waals surface area contributed by atoms with E-state index >= 15 is 0 Å². The number of carbonyl (C=O) groups excluding carboxylic acids is 4. The highest BCUT2D eigenvalue weighted by Gasteiger charge is 2.54. The molecule has 3 heterocycles. The van der Waals surface area contributed by atoms with Gasteiger partial charge >= 0.3 is 6.09 Å². The van der Waals surface area contributed by atoms with Crippen LogP contribution in [0.25, 0.3) is 10.9 Å². The van der Waals surface area contributed by atoms with Gasteiger partial charge in [0.05, 0.1) is 7.11 Å². The Balaban J connectivity index is 0.902. The molecule has 4 amide bonds. The number of rotatable bonds is 15. The van der Waals surface area contributed by atoms with E-state index in [1.54, 1.807) is 33.2 Å². The van der Waals surface area contributed by atoms with Crippen molar-refractivity contribution in [2.24, 2.45) is 35.5 Å². The highest BCUT2D eigenvalue weighted by Crippen LogP contribution is 2.61. The molecule has 8 aliphatic rings. The Morgan fingerprint density at radius 1 is 0.672 bits per heavy atom. The third-order valence-corrected chi connectivity index (χ3v) is 15.8. The van der Waals surface area contributed by atoms with Gasteiger partial charge in [0, 0.05) is 71.0 Å². The summed E-state index contributed by atoms with van der Waals surface area (Å²) in [6.07, 6.45) is 19.6. The van der Waals surface area contributed by atoms with Crippen LogP contribution in [0, 0.1) is 35.5 Å². The Morgan fingerprint density at radius 2 is 1.12 bits per heavy atom. The first-order chi connectivity index (χ1) is 30.7.